The molecule has 0 amide bonds. The van der Waals surface area contributed by atoms with Crippen molar-refractivity contribution in [2.75, 3.05) is 0 Å². The fourth-order valence-electron chi connectivity index (χ4n) is 2.97. The van der Waals surface area contributed by atoms with Crippen LogP contribution in [0.5, 0.6) is 0 Å². The van der Waals surface area contributed by atoms with E-state index in [2.05, 4.69) is 0 Å². The third kappa shape index (κ3) is 1.69. The van der Waals surface area contributed by atoms with Crippen molar-refractivity contribution in [1.29, 1.82) is 0 Å². The lowest BCUT2D eigenvalue weighted by molar-refractivity contribution is 0.450. The second kappa shape index (κ2) is 4.14. The van der Waals surface area contributed by atoms with Crippen molar-refractivity contribution < 1.29 is 8.78 Å². The Morgan fingerprint density at radius 2 is 1.84 bits per heavy atom. The summed E-state index contributed by atoms with van der Waals surface area (Å²) < 4.78 is 28.4. The van der Waals surface area contributed by atoms with Gasteiger partial charge in [-0.1, -0.05) is 30.3 Å². The summed E-state index contributed by atoms with van der Waals surface area (Å²) in [7, 11) is 0. The highest BCUT2D eigenvalue weighted by atomic mass is 19.1. The minimum atomic E-state index is -1.06. The predicted octanol–water partition coefficient (Wildman–Crippen LogP) is 3.42. The third-order valence-electron chi connectivity index (χ3n) is 4.02. The van der Waals surface area contributed by atoms with Crippen molar-refractivity contribution in [3.8, 4) is 0 Å². The highest BCUT2D eigenvalue weighted by Crippen LogP contribution is 2.42. The molecule has 0 aromatic heterocycles. The molecule has 0 saturated heterocycles. The number of halogens is 2. The van der Waals surface area contributed by atoms with Crippen LogP contribution in [0, 0.1) is 18.6 Å². The van der Waals surface area contributed by atoms with Crippen LogP contribution in [0.25, 0.3) is 0 Å². The van der Waals surface area contributed by atoms with Crippen LogP contribution in [-0.4, -0.2) is 0 Å². The molecule has 19 heavy (non-hydrogen) atoms. The summed E-state index contributed by atoms with van der Waals surface area (Å²) in [4.78, 5) is 0. The largest absolute Gasteiger partial charge is 0.318 e. The van der Waals surface area contributed by atoms with Gasteiger partial charge in [-0.25, -0.2) is 8.78 Å². The lowest BCUT2D eigenvalue weighted by Crippen LogP contribution is -2.37. The van der Waals surface area contributed by atoms with Crippen molar-refractivity contribution in [3.63, 3.8) is 0 Å². The molecule has 1 aliphatic rings. The molecule has 1 nitrogen and oxygen atoms in total. The van der Waals surface area contributed by atoms with E-state index in [1.54, 1.807) is 6.92 Å². The molecule has 0 fully saturated rings. The van der Waals surface area contributed by atoms with Crippen molar-refractivity contribution in [1.82, 2.24) is 0 Å². The molecule has 0 heterocycles. The highest BCUT2D eigenvalue weighted by Gasteiger charge is 2.40. The molecule has 2 aromatic rings. The molecule has 3 rings (SSSR count). The lowest BCUT2D eigenvalue weighted by Gasteiger charge is -2.27. The summed E-state index contributed by atoms with van der Waals surface area (Å²) in [6.07, 6.45) is 1.28. The van der Waals surface area contributed by atoms with Crippen LogP contribution in [0.4, 0.5) is 8.78 Å². The monoisotopic (exact) mass is 259 g/mol. The first kappa shape index (κ1) is 12.3. The maximum atomic E-state index is 14.3. The Balaban J connectivity index is 2.26. The molecule has 1 unspecified atom stereocenters. The second-order valence-electron chi connectivity index (χ2n) is 5.18. The number of aryl methyl sites for hydroxylation is 2. The number of hydrogen-bond donors (Lipinski definition) is 1. The Morgan fingerprint density at radius 3 is 2.63 bits per heavy atom. The number of rotatable bonds is 1. The van der Waals surface area contributed by atoms with Crippen molar-refractivity contribution in [2.24, 2.45) is 5.73 Å². The number of nitrogens with two attached hydrogens (primary N) is 1. The summed E-state index contributed by atoms with van der Waals surface area (Å²) in [5.41, 5.74) is 7.65. The van der Waals surface area contributed by atoms with E-state index in [9.17, 15) is 8.78 Å². The van der Waals surface area contributed by atoms with E-state index in [0.717, 1.165) is 17.5 Å². The van der Waals surface area contributed by atoms with Crippen LogP contribution in [-0.2, 0) is 12.0 Å². The quantitative estimate of drug-likeness (QED) is 0.834. The zero-order chi connectivity index (χ0) is 13.6. The van der Waals surface area contributed by atoms with Gasteiger partial charge in [0.05, 0.1) is 5.54 Å². The fourth-order valence-corrected chi connectivity index (χ4v) is 2.97. The molecule has 3 heteroatoms. The van der Waals surface area contributed by atoms with Crippen LogP contribution in [0.15, 0.2) is 36.4 Å². The average molecular weight is 259 g/mol. The van der Waals surface area contributed by atoms with E-state index in [1.165, 1.54) is 12.1 Å². The Morgan fingerprint density at radius 1 is 1.11 bits per heavy atom. The maximum absolute atomic E-state index is 14.3. The molecule has 2 aromatic carbocycles. The first-order valence-electron chi connectivity index (χ1n) is 6.36. The van der Waals surface area contributed by atoms with Crippen LogP contribution in [0.3, 0.4) is 0 Å². The Bertz CT molecular complexity index is 651. The van der Waals surface area contributed by atoms with Crippen LogP contribution in [0.2, 0.25) is 0 Å². The summed E-state index contributed by atoms with van der Waals surface area (Å²) in [6.45, 7) is 1.63. The number of fused-ring (bicyclic) bond motifs is 1. The average Bonchev–Trinajstić information content (AvgIpc) is 2.74. The van der Waals surface area contributed by atoms with Crippen LogP contribution >= 0.6 is 0 Å². The normalized spacial score (nSPS) is 21.5. The zero-order valence-electron chi connectivity index (χ0n) is 10.7. The molecule has 1 atom stereocenters. The predicted molar refractivity (Wildman–Crippen MR) is 70.8 cm³/mol. The van der Waals surface area contributed by atoms with Gasteiger partial charge in [0.25, 0.3) is 0 Å². The molecule has 98 valence electrons. The molecule has 1 aliphatic carbocycles. The summed E-state index contributed by atoms with van der Waals surface area (Å²) in [6, 6.07) is 10.4. The smallest absolute Gasteiger partial charge is 0.134 e. The van der Waals surface area contributed by atoms with Crippen LogP contribution in [0.1, 0.15) is 28.7 Å². The van der Waals surface area contributed by atoms with E-state index in [1.807, 2.05) is 24.3 Å². The molecule has 0 spiro atoms. The molecule has 0 bridgehead atoms. The molecular formula is C16H15F2N. The van der Waals surface area contributed by atoms with Crippen molar-refractivity contribution in [3.05, 3.63) is 70.3 Å². The van der Waals surface area contributed by atoms with Gasteiger partial charge in [-0.15, -0.1) is 0 Å². The van der Waals surface area contributed by atoms with E-state index < -0.39 is 17.2 Å². The molecule has 0 radical (unpaired) electrons. The number of benzene rings is 2. The fraction of sp³-hybridized carbons (Fsp3) is 0.250. The summed E-state index contributed by atoms with van der Waals surface area (Å²) in [5, 5.41) is 0. The van der Waals surface area contributed by atoms with Gasteiger partial charge in [0.2, 0.25) is 0 Å². The third-order valence-corrected chi connectivity index (χ3v) is 4.02. The minimum absolute atomic E-state index is 0.00236. The zero-order valence-corrected chi connectivity index (χ0v) is 10.7. The highest BCUT2D eigenvalue weighted by molar-refractivity contribution is 5.48. The number of hydrogen-bond acceptors (Lipinski definition) is 1. The van der Waals surface area contributed by atoms with Gasteiger partial charge in [0, 0.05) is 5.56 Å². The summed E-state index contributed by atoms with van der Waals surface area (Å²) >= 11 is 0. The van der Waals surface area contributed by atoms with Gasteiger partial charge in [0.15, 0.2) is 0 Å². The Hall–Kier alpha value is -1.74. The van der Waals surface area contributed by atoms with Gasteiger partial charge in [-0.05, 0) is 42.5 Å². The maximum Gasteiger partial charge on any atom is 0.134 e. The van der Waals surface area contributed by atoms with Gasteiger partial charge in [-0.2, -0.15) is 0 Å². The van der Waals surface area contributed by atoms with E-state index in [0.29, 0.717) is 12.0 Å². The molecular weight excluding hydrogens is 244 g/mol. The first-order chi connectivity index (χ1) is 9.04. The van der Waals surface area contributed by atoms with Gasteiger partial charge < -0.3 is 5.73 Å². The van der Waals surface area contributed by atoms with E-state index in [-0.39, 0.29) is 5.56 Å². The Kier molecular flexibility index (Phi) is 2.68. The first-order valence-corrected chi connectivity index (χ1v) is 6.36. The summed E-state index contributed by atoms with van der Waals surface area (Å²) in [5.74, 6) is -1.10. The standard InChI is InChI=1S/C16H15F2N/c1-10-6-7-13(17)14(15(10)18)16(19)9-8-11-4-2-3-5-12(11)16/h2-7H,8-9,19H2,1H3. The SMILES string of the molecule is Cc1ccc(F)c(C2(N)CCc3ccccc32)c1F. The molecule has 0 saturated carbocycles. The Labute approximate surface area is 111 Å². The molecule has 2 N–H and O–H groups in total. The second-order valence-corrected chi connectivity index (χ2v) is 5.18. The van der Waals surface area contributed by atoms with Gasteiger partial charge in [0.1, 0.15) is 11.6 Å². The van der Waals surface area contributed by atoms with Crippen molar-refractivity contribution >= 4 is 0 Å². The van der Waals surface area contributed by atoms with Gasteiger partial charge >= 0.3 is 0 Å². The van der Waals surface area contributed by atoms with E-state index >= 15 is 0 Å². The van der Waals surface area contributed by atoms with Crippen LogP contribution < -0.4 is 5.73 Å². The van der Waals surface area contributed by atoms with Crippen molar-refractivity contribution in [2.45, 2.75) is 25.3 Å². The van der Waals surface area contributed by atoms with E-state index in [4.69, 9.17) is 5.73 Å². The van der Waals surface area contributed by atoms with Gasteiger partial charge in [-0.3, -0.25) is 0 Å². The topological polar surface area (TPSA) is 26.0 Å². The minimum Gasteiger partial charge on any atom is -0.318 e. The lowest BCUT2D eigenvalue weighted by atomic mass is 9.83. The molecule has 0 aliphatic heterocycles.